The second-order valence-corrected chi connectivity index (χ2v) is 8.48. The van der Waals surface area contributed by atoms with Crippen LogP contribution in [-0.2, 0) is 11.2 Å². The molecule has 1 N–H and O–H groups in total. The molecule has 0 saturated heterocycles. The number of aryl methyl sites for hydroxylation is 1. The summed E-state index contributed by atoms with van der Waals surface area (Å²) in [5.41, 5.74) is 1.32. The van der Waals surface area contributed by atoms with Crippen LogP contribution in [0, 0.1) is 6.92 Å². The van der Waals surface area contributed by atoms with Crippen LogP contribution >= 0.6 is 11.5 Å². The lowest BCUT2D eigenvalue weighted by Gasteiger charge is -2.30. The molecule has 3 aromatic rings. The van der Waals surface area contributed by atoms with E-state index in [0.29, 0.717) is 24.5 Å². The average molecular weight is 439 g/mol. The molecule has 1 fully saturated rings. The highest BCUT2D eigenvalue weighted by atomic mass is 32.1. The SMILES string of the molecule is Cc1ccc([C@@H](C(=O)NC2CCCC2)N(CCc2ccccc2)C(=O)c2csnn2)o1. The van der Waals surface area contributed by atoms with Crippen molar-refractivity contribution in [3.63, 3.8) is 0 Å². The molecule has 31 heavy (non-hydrogen) atoms. The molecule has 0 bridgehead atoms. The lowest BCUT2D eigenvalue weighted by molar-refractivity contribution is -0.127. The first kappa shape index (κ1) is 21.2. The number of hydrogen-bond acceptors (Lipinski definition) is 6. The number of aromatic nitrogens is 2. The molecule has 4 rings (SSSR count). The minimum Gasteiger partial charge on any atom is -0.464 e. The van der Waals surface area contributed by atoms with E-state index in [1.807, 2.05) is 43.3 Å². The molecular weight excluding hydrogens is 412 g/mol. The van der Waals surface area contributed by atoms with E-state index >= 15 is 0 Å². The number of rotatable bonds is 8. The van der Waals surface area contributed by atoms with Gasteiger partial charge in [-0.2, -0.15) is 0 Å². The Hall–Kier alpha value is -3.00. The van der Waals surface area contributed by atoms with E-state index in [0.717, 1.165) is 42.8 Å². The second-order valence-electron chi connectivity index (χ2n) is 7.87. The third-order valence-corrected chi connectivity index (χ3v) is 6.12. The number of amides is 2. The quantitative estimate of drug-likeness (QED) is 0.576. The van der Waals surface area contributed by atoms with Crippen molar-refractivity contribution in [2.45, 2.75) is 51.1 Å². The summed E-state index contributed by atoms with van der Waals surface area (Å²) in [6, 6.07) is 12.8. The van der Waals surface area contributed by atoms with Crippen LogP contribution in [0.4, 0.5) is 0 Å². The monoisotopic (exact) mass is 438 g/mol. The molecule has 0 spiro atoms. The van der Waals surface area contributed by atoms with E-state index in [4.69, 9.17) is 4.42 Å². The van der Waals surface area contributed by atoms with Crippen LogP contribution in [0.5, 0.6) is 0 Å². The Kier molecular flexibility index (Phi) is 6.76. The molecule has 1 aliphatic rings. The summed E-state index contributed by atoms with van der Waals surface area (Å²) < 4.78 is 9.67. The zero-order chi connectivity index (χ0) is 21.6. The first-order valence-corrected chi connectivity index (χ1v) is 11.4. The number of carbonyl (C=O) groups is 2. The minimum atomic E-state index is -0.868. The van der Waals surface area contributed by atoms with Gasteiger partial charge in [-0.15, -0.1) is 5.10 Å². The maximum atomic E-state index is 13.4. The second kappa shape index (κ2) is 9.87. The Balaban J connectivity index is 1.65. The molecule has 8 heteroatoms. The number of nitrogens with zero attached hydrogens (tertiary/aromatic N) is 3. The van der Waals surface area contributed by atoms with Crippen LogP contribution in [0.1, 0.15) is 59.3 Å². The van der Waals surface area contributed by atoms with E-state index in [2.05, 4.69) is 14.9 Å². The normalized spacial score (nSPS) is 15.0. The van der Waals surface area contributed by atoms with Gasteiger partial charge in [-0.1, -0.05) is 47.7 Å². The van der Waals surface area contributed by atoms with Crippen molar-refractivity contribution in [2.75, 3.05) is 6.54 Å². The van der Waals surface area contributed by atoms with Gasteiger partial charge in [0.1, 0.15) is 11.5 Å². The van der Waals surface area contributed by atoms with Crippen molar-refractivity contribution in [3.05, 3.63) is 70.6 Å². The third kappa shape index (κ3) is 5.19. The van der Waals surface area contributed by atoms with Crippen LogP contribution in [0.25, 0.3) is 0 Å². The van der Waals surface area contributed by atoms with Crippen molar-refractivity contribution >= 4 is 23.3 Å². The first-order chi connectivity index (χ1) is 15.1. The number of nitrogens with one attached hydrogen (secondary N) is 1. The van der Waals surface area contributed by atoms with E-state index in [1.165, 1.54) is 0 Å². The molecule has 1 aromatic carbocycles. The van der Waals surface area contributed by atoms with Crippen molar-refractivity contribution in [1.29, 1.82) is 0 Å². The lowest BCUT2D eigenvalue weighted by Crippen LogP contribution is -2.46. The molecule has 2 heterocycles. The molecule has 1 aliphatic carbocycles. The smallest absolute Gasteiger partial charge is 0.276 e. The molecule has 1 saturated carbocycles. The summed E-state index contributed by atoms with van der Waals surface area (Å²) in [6.07, 6.45) is 4.75. The Bertz CT molecular complexity index is 997. The van der Waals surface area contributed by atoms with Crippen LogP contribution in [-0.4, -0.2) is 38.9 Å². The molecular formula is C23H26N4O3S. The van der Waals surface area contributed by atoms with Gasteiger partial charge < -0.3 is 14.6 Å². The van der Waals surface area contributed by atoms with Gasteiger partial charge in [-0.25, -0.2) is 0 Å². The Labute approximate surface area is 185 Å². The van der Waals surface area contributed by atoms with Gasteiger partial charge in [-0.05, 0) is 55.4 Å². The number of carbonyl (C=O) groups excluding carboxylic acids is 2. The Morgan fingerprint density at radius 3 is 2.61 bits per heavy atom. The van der Waals surface area contributed by atoms with Gasteiger partial charge in [0.25, 0.3) is 11.8 Å². The van der Waals surface area contributed by atoms with E-state index in [-0.39, 0.29) is 23.6 Å². The Morgan fingerprint density at radius 2 is 1.97 bits per heavy atom. The van der Waals surface area contributed by atoms with Crippen molar-refractivity contribution in [1.82, 2.24) is 19.8 Å². The molecule has 0 radical (unpaired) electrons. The van der Waals surface area contributed by atoms with Crippen molar-refractivity contribution in [2.24, 2.45) is 0 Å². The van der Waals surface area contributed by atoms with Gasteiger partial charge in [0.2, 0.25) is 0 Å². The predicted octanol–water partition coefficient (Wildman–Crippen LogP) is 3.92. The standard InChI is InChI=1S/C23H26N4O3S/c1-16-11-12-20(30-16)21(22(28)24-18-9-5-6-10-18)27(23(29)19-15-31-26-25-19)14-13-17-7-3-2-4-8-17/h2-4,7-8,11-12,15,18,21H,5-6,9-10,13-14H2,1H3,(H,24,28)/t21-/m0/s1. The summed E-state index contributed by atoms with van der Waals surface area (Å²) in [6.45, 7) is 2.18. The summed E-state index contributed by atoms with van der Waals surface area (Å²) in [5.74, 6) is 0.605. The fraction of sp³-hybridized carbons (Fsp3) is 0.391. The lowest BCUT2D eigenvalue weighted by atomic mass is 10.1. The maximum absolute atomic E-state index is 13.4. The number of benzene rings is 1. The van der Waals surface area contributed by atoms with Gasteiger partial charge in [0.15, 0.2) is 11.7 Å². The van der Waals surface area contributed by atoms with Crippen LogP contribution < -0.4 is 5.32 Å². The third-order valence-electron chi connectivity index (χ3n) is 5.62. The number of furan rings is 1. The maximum Gasteiger partial charge on any atom is 0.276 e. The van der Waals surface area contributed by atoms with E-state index in [9.17, 15) is 9.59 Å². The highest BCUT2D eigenvalue weighted by Crippen LogP contribution is 2.27. The highest BCUT2D eigenvalue weighted by molar-refractivity contribution is 7.03. The van der Waals surface area contributed by atoms with Gasteiger partial charge in [0, 0.05) is 18.0 Å². The summed E-state index contributed by atoms with van der Waals surface area (Å²) >= 11 is 1.11. The van der Waals surface area contributed by atoms with Gasteiger partial charge in [-0.3, -0.25) is 9.59 Å². The highest BCUT2D eigenvalue weighted by Gasteiger charge is 2.36. The topological polar surface area (TPSA) is 88.3 Å². The summed E-state index contributed by atoms with van der Waals surface area (Å²) in [4.78, 5) is 28.4. The van der Waals surface area contributed by atoms with Gasteiger partial charge in [0.05, 0.1) is 0 Å². The van der Waals surface area contributed by atoms with Crippen LogP contribution in [0.15, 0.2) is 52.3 Å². The molecule has 0 aliphatic heterocycles. The molecule has 0 unspecified atom stereocenters. The van der Waals surface area contributed by atoms with Gasteiger partial charge >= 0.3 is 0 Å². The first-order valence-electron chi connectivity index (χ1n) is 10.6. The van der Waals surface area contributed by atoms with Crippen LogP contribution in [0.3, 0.4) is 0 Å². The molecule has 2 amide bonds. The molecule has 1 atom stereocenters. The van der Waals surface area contributed by atoms with Crippen LogP contribution in [0.2, 0.25) is 0 Å². The predicted molar refractivity (Wildman–Crippen MR) is 118 cm³/mol. The number of hydrogen-bond donors (Lipinski definition) is 1. The van der Waals surface area contributed by atoms with Crippen molar-refractivity contribution in [3.8, 4) is 0 Å². The Morgan fingerprint density at radius 1 is 1.19 bits per heavy atom. The zero-order valence-electron chi connectivity index (χ0n) is 17.5. The van der Waals surface area contributed by atoms with Crippen molar-refractivity contribution < 1.29 is 14.0 Å². The fourth-order valence-electron chi connectivity index (χ4n) is 4.02. The summed E-state index contributed by atoms with van der Waals surface area (Å²) in [5, 5.41) is 8.70. The van der Waals surface area contributed by atoms with E-state index in [1.54, 1.807) is 16.3 Å². The van der Waals surface area contributed by atoms with E-state index < -0.39 is 6.04 Å². The zero-order valence-corrected chi connectivity index (χ0v) is 18.3. The fourth-order valence-corrected chi connectivity index (χ4v) is 4.45. The summed E-state index contributed by atoms with van der Waals surface area (Å²) in [7, 11) is 0. The molecule has 162 valence electrons. The largest absolute Gasteiger partial charge is 0.464 e. The average Bonchev–Trinajstić information content (AvgIpc) is 3.54. The minimum absolute atomic E-state index is 0.137. The molecule has 7 nitrogen and oxygen atoms in total. The molecule has 2 aromatic heterocycles.